The first-order chi connectivity index (χ1) is 9.47. The Morgan fingerprint density at radius 1 is 1.30 bits per heavy atom. The van der Waals surface area contributed by atoms with Gasteiger partial charge < -0.3 is 14.7 Å². The fourth-order valence-electron chi connectivity index (χ4n) is 1.45. The quantitative estimate of drug-likeness (QED) is 0.853. The summed E-state index contributed by atoms with van der Waals surface area (Å²) in [5, 5.41) is 10.5. The summed E-state index contributed by atoms with van der Waals surface area (Å²) in [6.45, 7) is 5.59. The van der Waals surface area contributed by atoms with E-state index in [1.807, 2.05) is 13.8 Å². The molecule has 0 saturated heterocycles. The molecular formula is C12H15N5O3. The van der Waals surface area contributed by atoms with E-state index in [0.29, 0.717) is 11.8 Å². The molecule has 0 spiro atoms. The van der Waals surface area contributed by atoms with Crippen LogP contribution in [0.2, 0.25) is 0 Å². The number of H-pyrrole nitrogens is 1. The number of hydrogen-bond donors (Lipinski definition) is 2. The predicted octanol–water partition coefficient (Wildman–Crippen LogP) is 0.767. The van der Waals surface area contributed by atoms with Crippen LogP contribution in [0.5, 0.6) is 0 Å². The minimum Gasteiger partial charge on any atom is -0.423 e. The highest BCUT2D eigenvalue weighted by Crippen LogP contribution is 2.16. The molecule has 0 aliphatic carbocycles. The molecule has 1 atom stereocenters. The van der Waals surface area contributed by atoms with Crippen LogP contribution >= 0.6 is 0 Å². The zero-order chi connectivity index (χ0) is 14.7. The van der Waals surface area contributed by atoms with Crippen LogP contribution in [-0.2, 0) is 0 Å². The van der Waals surface area contributed by atoms with Crippen LogP contribution in [0.25, 0.3) is 0 Å². The number of aromatic amines is 1. The number of amides is 1. The molecule has 1 unspecified atom stereocenters. The Hall–Kier alpha value is -2.51. The maximum Gasteiger partial charge on any atom is 0.272 e. The monoisotopic (exact) mass is 277 g/mol. The molecule has 0 fully saturated rings. The number of hydrogen-bond acceptors (Lipinski definition) is 6. The molecule has 2 heterocycles. The van der Waals surface area contributed by atoms with E-state index in [0.717, 1.165) is 6.20 Å². The van der Waals surface area contributed by atoms with Gasteiger partial charge in [-0.15, -0.1) is 10.2 Å². The van der Waals surface area contributed by atoms with Crippen molar-refractivity contribution < 1.29 is 9.21 Å². The summed E-state index contributed by atoms with van der Waals surface area (Å²) in [6.07, 6.45) is 2.29. The average Bonchev–Trinajstić information content (AvgIpc) is 2.89. The van der Waals surface area contributed by atoms with Crippen molar-refractivity contribution in [3.63, 3.8) is 0 Å². The van der Waals surface area contributed by atoms with Crippen molar-refractivity contribution in [1.29, 1.82) is 0 Å². The summed E-state index contributed by atoms with van der Waals surface area (Å²) < 4.78 is 5.45. The van der Waals surface area contributed by atoms with Crippen molar-refractivity contribution in [2.45, 2.75) is 32.7 Å². The molecule has 8 heteroatoms. The van der Waals surface area contributed by atoms with Crippen molar-refractivity contribution >= 4 is 5.91 Å². The molecule has 0 aromatic carbocycles. The van der Waals surface area contributed by atoms with Gasteiger partial charge in [-0.3, -0.25) is 9.59 Å². The van der Waals surface area contributed by atoms with E-state index < -0.39 is 11.9 Å². The second-order valence-electron chi connectivity index (χ2n) is 4.62. The Morgan fingerprint density at radius 2 is 2.00 bits per heavy atom. The summed E-state index contributed by atoms with van der Waals surface area (Å²) in [5.74, 6) is 0.535. The molecule has 8 nitrogen and oxygen atoms in total. The number of nitrogens with zero attached hydrogens (tertiary/aromatic N) is 3. The fraction of sp³-hybridized carbons (Fsp3) is 0.417. The molecule has 2 aromatic heterocycles. The highest BCUT2D eigenvalue weighted by molar-refractivity contribution is 5.92. The Bertz CT molecular complexity index is 641. The Labute approximate surface area is 114 Å². The minimum atomic E-state index is -0.448. The maximum atomic E-state index is 11.9. The summed E-state index contributed by atoms with van der Waals surface area (Å²) in [4.78, 5) is 28.9. The van der Waals surface area contributed by atoms with Crippen LogP contribution in [0.4, 0.5) is 0 Å². The lowest BCUT2D eigenvalue weighted by atomic mass is 10.2. The molecule has 20 heavy (non-hydrogen) atoms. The lowest BCUT2D eigenvalue weighted by Crippen LogP contribution is -2.28. The molecule has 0 aliphatic rings. The number of aromatic nitrogens is 4. The summed E-state index contributed by atoms with van der Waals surface area (Å²) in [7, 11) is 0. The highest BCUT2D eigenvalue weighted by Gasteiger charge is 2.18. The van der Waals surface area contributed by atoms with E-state index in [2.05, 4.69) is 25.5 Å². The van der Waals surface area contributed by atoms with Crippen LogP contribution in [-0.4, -0.2) is 26.1 Å². The normalized spacial score (nSPS) is 12.4. The zero-order valence-corrected chi connectivity index (χ0v) is 11.4. The van der Waals surface area contributed by atoms with Gasteiger partial charge in [0.1, 0.15) is 11.7 Å². The first-order valence-corrected chi connectivity index (χ1v) is 6.16. The van der Waals surface area contributed by atoms with Crippen LogP contribution in [0.3, 0.4) is 0 Å². The zero-order valence-electron chi connectivity index (χ0n) is 11.4. The fourth-order valence-corrected chi connectivity index (χ4v) is 1.45. The average molecular weight is 277 g/mol. The van der Waals surface area contributed by atoms with E-state index >= 15 is 0 Å². The standard InChI is InChI=1S/C12H15N5O3/c1-6(2)11-16-17-12(20-11)7(3)15-10(19)8-4-14-9(18)5-13-8/h4-7H,1-3H3,(H,14,18)(H,15,19). The van der Waals surface area contributed by atoms with Gasteiger partial charge in [-0.25, -0.2) is 4.98 Å². The topological polar surface area (TPSA) is 114 Å². The van der Waals surface area contributed by atoms with E-state index in [1.165, 1.54) is 6.20 Å². The third-order valence-electron chi connectivity index (χ3n) is 2.57. The van der Waals surface area contributed by atoms with E-state index in [-0.39, 0.29) is 17.2 Å². The van der Waals surface area contributed by atoms with E-state index in [4.69, 9.17) is 4.42 Å². The molecule has 106 valence electrons. The summed E-state index contributed by atoms with van der Waals surface area (Å²) in [5.41, 5.74) is -0.256. The van der Waals surface area contributed by atoms with Crippen molar-refractivity contribution in [1.82, 2.24) is 25.5 Å². The first kappa shape index (κ1) is 13.9. The van der Waals surface area contributed by atoms with Crippen LogP contribution in [0.1, 0.15) is 55.0 Å². The van der Waals surface area contributed by atoms with Gasteiger partial charge in [-0.1, -0.05) is 13.8 Å². The molecule has 0 aliphatic heterocycles. The molecule has 0 radical (unpaired) electrons. The number of nitrogens with one attached hydrogen (secondary N) is 2. The van der Waals surface area contributed by atoms with Crippen LogP contribution in [0, 0.1) is 0 Å². The van der Waals surface area contributed by atoms with Gasteiger partial charge in [0.2, 0.25) is 11.8 Å². The predicted molar refractivity (Wildman–Crippen MR) is 69.1 cm³/mol. The van der Waals surface area contributed by atoms with Crippen molar-refractivity contribution in [2.24, 2.45) is 0 Å². The van der Waals surface area contributed by atoms with Gasteiger partial charge in [0, 0.05) is 12.1 Å². The lowest BCUT2D eigenvalue weighted by molar-refractivity contribution is 0.0928. The smallest absolute Gasteiger partial charge is 0.272 e. The summed E-state index contributed by atoms with van der Waals surface area (Å²) in [6, 6.07) is -0.448. The van der Waals surface area contributed by atoms with Gasteiger partial charge >= 0.3 is 0 Å². The molecule has 2 rings (SSSR count). The second kappa shape index (κ2) is 5.64. The maximum absolute atomic E-state index is 11.9. The third kappa shape index (κ3) is 3.08. The molecule has 0 saturated carbocycles. The van der Waals surface area contributed by atoms with E-state index in [9.17, 15) is 9.59 Å². The number of rotatable bonds is 4. The largest absolute Gasteiger partial charge is 0.423 e. The Kier molecular flexibility index (Phi) is 3.92. The van der Waals surface area contributed by atoms with Gasteiger partial charge in [-0.2, -0.15) is 0 Å². The molecule has 2 N–H and O–H groups in total. The molecule has 2 aromatic rings. The van der Waals surface area contributed by atoms with Gasteiger partial charge in [0.05, 0.1) is 6.20 Å². The highest BCUT2D eigenvalue weighted by atomic mass is 16.4. The lowest BCUT2D eigenvalue weighted by Gasteiger charge is -2.09. The van der Waals surface area contributed by atoms with Crippen molar-refractivity contribution in [3.8, 4) is 0 Å². The Balaban J connectivity index is 2.06. The van der Waals surface area contributed by atoms with Crippen molar-refractivity contribution in [2.75, 3.05) is 0 Å². The number of carbonyl (C=O) groups excluding carboxylic acids is 1. The molecule has 0 bridgehead atoms. The first-order valence-electron chi connectivity index (χ1n) is 6.16. The van der Waals surface area contributed by atoms with Crippen molar-refractivity contribution in [3.05, 3.63) is 40.2 Å². The Morgan fingerprint density at radius 3 is 2.55 bits per heavy atom. The summed E-state index contributed by atoms with van der Waals surface area (Å²) >= 11 is 0. The molecule has 1 amide bonds. The van der Waals surface area contributed by atoms with Crippen LogP contribution in [0.15, 0.2) is 21.6 Å². The van der Waals surface area contributed by atoms with E-state index in [1.54, 1.807) is 6.92 Å². The van der Waals surface area contributed by atoms with Gasteiger partial charge in [-0.05, 0) is 6.92 Å². The van der Waals surface area contributed by atoms with Gasteiger partial charge in [0.25, 0.3) is 11.5 Å². The molecular weight excluding hydrogens is 262 g/mol. The van der Waals surface area contributed by atoms with Crippen LogP contribution < -0.4 is 10.9 Å². The second-order valence-corrected chi connectivity index (χ2v) is 4.62. The SMILES string of the molecule is CC(C)c1nnc(C(C)NC(=O)c2c[nH]c(=O)cn2)o1. The van der Waals surface area contributed by atoms with Gasteiger partial charge in [0.15, 0.2) is 0 Å². The minimum absolute atomic E-state index is 0.111. The number of carbonyl (C=O) groups is 1. The third-order valence-corrected chi connectivity index (χ3v) is 2.57.